The second kappa shape index (κ2) is 5.16. The molecule has 2 aromatic carbocycles. The third kappa shape index (κ3) is 2.84. The number of nitrogens with one attached hydrogen (secondary N) is 1. The van der Waals surface area contributed by atoms with Crippen molar-refractivity contribution in [3.8, 4) is 11.5 Å². The van der Waals surface area contributed by atoms with Crippen LogP contribution < -0.4 is 10.1 Å². The number of para-hydroxylation sites is 1. The van der Waals surface area contributed by atoms with Gasteiger partial charge in [-0.1, -0.05) is 18.2 Å². The van der Waals surface area contributed by atoms with Gasteiger partial charge in [-0.25, -0.2) is 0 Å². The van der Waals surface area contributed by atoms with E-state index in [1.54, 1.807) is 6.07 Å². The Balaban J connectivity index is 2.19. The van der Waals surface area contributed by atoms with Crippen molar-refractivity contribution in [2.45, 2.75) is 6.92 Å². The molecule has 86 valence electrons. The quantitative estimate of drug-likeness (QED) is 0.813. The number of amides is 1. The normalized spacial score (nSPS) is 9.71. The molecule has 0 aromatic heterocycles. The number of hydrogen-bond acceptors (Lipinski definition) is 2. The van der Waals surface area contributed by atoms with Crippen LogP contribution in [-0.2, 0) is 4.79 Å². The van der Waals surface area contributed by atoms with Crippen molar-refractivity contribution in [1.29, 1.82) is 0 Å². The molecule has 0 heterocycles. The van der Waals surface area contributed by atoms with E-state index in [2.05, 4.69) is 5.32 Å². The summed E-state index contributed by atoms with van der Waals surface area (Å²) >= 11 is 0. The van der Waals surface area contributed by atoms with Crippen LogP contribution in [0.3, 0.4) is 0 Å². The van der Waals surface area contributed by atoms with Crippen LogP contribution in [0, 0.1) is 6.92 Å². The molecule has 1 N–H and O–H groups in total. The molecule has 2 aromatic rings. The summed E-state index contributed by atoms with van der Waals surface area (Å²) < 4.78 is 5.73. The highest BCUT2D eigenvalue weighted by Crippen LogP contribution is 2.26. The van der Waals surface area contributed by atoms with Gasteiger partial charge in [0.05, 0.1) is 0 Å². The molecule has 0 aliphatic heterocycles. The highest BCUT2D eigenvalue weighted by molar-refractivity contribution is 5.72. The minimum Gasteiger partial charge on any atom is -0.457 e. The van der Waals surface area contributed by atoms with E-state index >= 15 is 0 Å². The fraction of sp³-hybridized carbons (Fsp3) is 0.0714. The Hall–Kier alpha value is -2.29. The second-order valence-electron chi connectivity index (χ2n) is 3.66. The molecule has 0 radical (unpaired) electrons. The van der Waals surface area contributed by atoms with Gasteiger partial charge >= 0.3 is 0 Å². The summed E-state index contributed by atoms with van der Waals surface area (Å²) in [6.45, 7) is 1.94. The predicted octanol–water partition coefficient (Wildman–Crippen LogP) is 3.36. The molecule has 3 heteroatoms. The van der Waals surface area contributed by atoms with Gasteiger partial charge in [0.15, 0.2) is 0 Å². The Morgan fingerprint density at radius 2 is 1.88 bits per heavy atom. The van der Waals surface area contributed by atoms with Gasteiger partial charge in [-0.2, -0.15) is 0 Å². The predicted molar refractivity (Wildman–Crippen MR) is 67.4 cm³/mol. The summed E-state index contributed by atoms with van der Waals surface area (Å²) in [5, 5.41) is 2.60. The lowest BCUT2D eigenvalue weighted by Gasteiger charge is -2.09. The van der Waals surface area contributed by atoms with E-state index in [0.29, 0.717) is 6.41 Å². The van der Waals surface area contributed by atoms with Crippen LogP contribution in [0.2, 0.25) is 0 Å². The minimum absolute atomic E-state index is 0.659. The topological polar surface area (TPSA) is 38.3 Å². The molecule has 0 bridgehead atoms. The third-order valence-electron chi connectivity index (χ3n) is 2.37. The molecule has 0 spiro atoms. The first kappa shape index (κ1) is 11.2. The molecule has 0 atom stereocenters. The summed E-state index contributed by atoms with van der Waals surface area (Å²) in [6, 6.07) is 15.1. The molecule has 0 saturated carbocycles. The average Bonchev–Trinajstić information content (AvgIpc) is 2.34. The summed E-state index contributed by atoms with van der Waals surface area (Å²) in [6.07, 6.45) is 0.659. The first-order valence-corrected chi connectivity index (χ1v) is 5.33. The molecule has 0 fully saturated rings. The lowest BCUT2D eigenvalue weighted by atomic mass is 10.2. The summed E-state index contributed by atoms with van der Waals surface area (Å²) in [5.74, 6) is 1.58. The Morgan fingerprint density at radius 3 is 2.53 bits per heavy atom. The van der Waals surface area contributed by atoms with Gasteiger partial charge < -0.3 is 10.1 Å². The van der Waals surface area contributed by atoms with E-state index in [0.717, 1.165) is 22.7 Å². The standard InChI is InChI=1S/C14H13NO2/c1-11-9-12(15-10-16)7-8-14(11)17-13-5-3-2-4-6-13/h2-10H,1H3,(H,15,16). The monoisotopic (exact) mass is 227 g/mol. The van der Waals surface area contributed by atoms with Gasteiger partial charge in [-0.15, -0.1) is 0 Å². The maximum Gasteiger partial charge on any atom is 0.211 e. The number of carbonyl (C=O) groups is 1. The van der Waals surface area contributed by atoms with Crippen LogP contribution in [-0.4, -0.2) is 6.41 Å². The summed E-state index contributed by atoms with van der Waals surface area (Å²) in [7, 11) is 0. The van der Waals surface area contributed by atoms with Gasteiger partial charge in [0.25, 0.3) is 0 Å². The molecule has 0 unspecified atom stereocenters. The number of benzene rings is 2. The van der Waals surface area contributed by atoms with Crippen LogP contribution in [0.25, 0.3) is 0 Å². The molecule has 2 rings (SSSR count). The van der Waals surface area contributed by atoms with Crippen molar-refractivity contribution in [3.63, 3.8) is 0 Å². The Labute approximate surface area is 100 Å². The third-order valence-corrected chi connectivity index (χ3v) is 2.37. The van der Waals surface area contributed by atoms with Crippen molar-refractivity contribution in [3.05, 3.63) is 54.1 Å². The number of anilines is 1. The molecular formula is C14H13NO2. The minimum atomic E-state index is 0.659. The number of aryl methyl sites for hydroxylation is 1. The zero-order valence-electron chi connectivity index (χ0n) is 9.51. The molecule has 17 heavy (non-hydrogen) atoms. The summed E-state index contributed by atoms with van der Waals surface area (Å²) in [4.78, 5) is 10.3. The van der Waals surface area contributed by atoms with E-state index in [1.807, 2.05) is 49.4 Å². The maximum atomic E-state index is 10.3. The molecule has 0 aliphatic rings. The number of carbonyl (C=O) groups excluding carboxylic acids is 1. The average molecular weight is 227 g/mol. The zero-order valence-corrected chi connectivity index (χ0v) is 9.51. The van der Waals surface area contributed by atoms with Crippen LogP contribution in [0.1, 0.15) is 5.56 Å². The van der Waals surface area contributed by atoms with Gasteiger partial charge in [-0.3, -0.25) is 4.79 Å². The molecule has 0 aliphatic carbocycles. The van der Waals surface area contributed by atoms with Crippen molar-refractivity contribution in [1.82, 2.24) is 0 Å². The fourth-order valence-corrected chi connectivity index (χ4v) is 1.54. The Bertz CT molecular complexity index is 509. The van der Waals surface area contributed by atoms with Gasteiger partial charge in [-0.05, 0) is 42.8 Å². The van der Waals surface area contributed by atoms with Crippen molar-refractivity contribution >= 4 is 12.1 Å². The first-order chi connectivity index (χ1) is 8.29. The Morgan fingerprint density at radius 1 is 1.12 bits per heavy atom. The van der Waals surface area contributed by atoms with Gasteiger partial charge in [0, 0.05) is 5.69 Å². The highest BCUT2D eigenvalue weighted by Gasteiger charge is 2.02. The fourth-order valence-electron chi connectivity index (χ4n) is 1.54. The van der Waals surface area contributed by atoms with E-state index in [9.17, 15) is 4.79 Å². The maximum absolute atomic E-state index is 10.3. The molecule has 3 nitrogen and oxygen atoms in total. The van der Waals surface area contributed by atoms with Crippen molar-refractivity contribution in [2.24, 2.45) is 0 Å². The Kier molecular flexibility index (Phi) is 3.40. The van der Waals surface area contributed by atoms with Crippen LogP contribution in [0.5, 0.6) is 11.5 Å². The van der Waals surface area contributed by atoms with Crippen molar-refractivity contribution in [2.75, 3.05) is 5.32 Å². The smallest absolute Gasteiger partial charge is 0.211 e. The number of ether oxygens (including phenoxy) is 1. The zero-order chi connectivity index (χ0) is 12.1. The van der Waals surface area contributed by atoms with Crippen molar-refractivity contribution < 1.29 is 9.53 Å². The van der Waals surface area contributed by atoms with Gasteiger partial charge in [0.2, 0.25) is 6.41 Å². The number of rotatable bonds is 4. The van der Waals surface area contributed by atoms with E-state index < -0.39 is 0 Å². The van der Waals surface area contributed by atoms with E-state index in [4.69, 9.17) is 4.74 Å². The van der Waals surface area contributed by atoms with E-state index in [-0.39, 0.29) is 0 Å². The lowest BCUT2D eigenvalue weighted by Crippen LogP contribution is -1.95. The second-order valence-corrected chi connectivity index (χ2v) is 3.66. The van der Waals surface area contributed by atoms with Crippen LogP contribution in [0.4, 0.5) is 5.69 Å². The first-order valence-electron chi connectivity index (χ1n) is 5.33. The largest absolute Gasteiger partial charge is 0.457 e. The molecule has 0 saturated heterocycles. The summed E-state index contributed by atoms with van der Waals surface area (Å²) in [5.41, 5.74) is 1.73. The van der Waals surface area contributed by atoms with E-state index in [1.165, 1.54) is 0 Å². The highest BCUT2D eigenvalue weighted by atomic mass is 16.5. The SMILES string of the molecule is Cc1cc(NC=O)ccc1Oc1ccccc1. The lowest BCUT2D eigenvalue weighted by molar-refractivity contribution is -0.105. The number of hydrogen-bond donors (Lipinski definition) is 1. The molecular weight excluding hydrogens is 214 g/mol. The van der Waals surface area contributed by atoms with Crippen LogP contribution >= 0.6 is 0 Å². The van der Waals surface area contributed by atoms with Crippen LogP contribution in [0.15, 0.2) is 48.5 Å². The molecule has 1 amide bonds. The van der Waals surface area contributed by atoms with Gasteiger partial charge in [0.1, 0.15) is 11.5 Å².